The van der Waals surface area contributed by atoms with Gasteiger partial charge in [0.15, 0.2) is 54.1 Å². The molecule has 11 heterocycles. The van der Waals surface area contributed by atoms with Gasteiger partial charge in [0, 0.05) is 148 Å². The number of aryl methyl sites for hydroxylation is 10. The van der Waals surface area contributed by atoms with Crippen molar-refractivity contribution < 1.29 is 22.8 Å². The first-order valence-corrected chi connectivity index (χ1v) is 44.3. The summed E-state index contributed by atoms with van der Waals surface area (Å²) in [5.74, 6) is -0.223. The highest BCUT2D eigenvalue weighted by Gasteiger charge is 2.30. The van der Waals surface area contributed by atoms with Gasteiger partial charge in [-0.05, 0) is 137 Å². The second-order valence-electron chi connectivity index (χ2n) is 32.0. The molecule has 3 aliphatic heterocycles. The maximum atomic E-state index is 14.6. The van der Waals surface area contributed by atoms with Crippen molar-refractivity contribution in [1.82, 2.24) is 96.6 Å². The highest BCUT2D eigenvalue weighted by atomic mass is 79.9. The van der Waals surface area contributed by atoms with Gasteiger partial charge in [0.25, 0.3) is 16.7 Å². The van der Waals surface area contributed by atoms with Gasteiger partial charge < -0.3 is 29.9 Å². The average molecular weight is 1960 g/mol. The number of nitrogens with one attached hydrogen (secondary N) is 5. The molecule has 0 unspecified atom stereocenters. The standard InChI is InChI=1S/C26H29FN6O3.C26H29FN6O2.C13H10BrFN4O2.C13H20N2.C7H6BrF.C6H5BrN4O2/c1-17-8-9-18(2)20(14-17)15-30-10-12-31(13-11-30)25-28-23-22(24(34)33(36)26(35)29(23)3)32(25)16-19-6-4-5-7-21(19)27;1-17-8-9-18(2)20(14-17)15-31-10-12-32(13-11-31)25-28-23-22(24(34)29-26(35)30(23)3)33(25)16-19-6-4-5-7-21(19)27;1-18-10-9(11(20)17-13(18)21)19(12(14)16-10)6-7-4-2-3-5-8(7)15;1-11-3-4-12(2)13(9-11)10-15-7-5-14-6-8-15;8-5-6-3-1-2-4-7(6)9;1-11-3-2(8-5(7)9-3)4(12)10-6(11)13/h4-9,14,36H,10-13,15-16H2,1-3H3;4-9,14H,10-13,15-16H2,1-3H3,(H,29,34,35);2-5H,6H2,1H3,(H,17,20,21);3-4,9,14H,5-8,10H2,1-2H3;1-4H,5H2;1H3,(H,8,9)(H,10,12,13). The van der Waals surface area contributed by atoms with Crippen molar-refractivity contribution in [3.8, 4) is 0 Å². The molecular weight excluding hydrogens is 1860 g/mol. The van der Waals surface area contributed by atoms with Crippen molar-refractivity contribution in [3.63, 3.8) is 0 Å². The maximum Gasteiger partial charge on any atom is 0.365 e. The number of nitrogens with zero attached hydrogens (tertiary/aromatic N) is 17. The molecule has 7 aromatic carbocycles. The molecule has 38 heteroatoms. The zero-order chi connectivity index (χ0) is 92.3. The monoisotopic (exact) mass is 1960 g/mol. The number of alkyl halides is 1. The predicted octanol–water partition coefficient (Wildman–Crippen LogP) is 10.3. The van der Waals surface area contributed by atoms with Crippen LogP contribution < -0.4 is 60.1 Å². The first-order chi connectivity index (χ1) is 61.7. The van der Waals surface area contributed by atoms with Gasteiger partial charge in [-0.25, -0.2) is 46.7 Å². The summed E-state index contributed by atoms with van der Waals surface area (Å²) in [6.45, 7) is 26.5. The molecule has 3 fully saturated rings. The highest BCUT2D eigenvalue weighted by molar-refractivity contribution is 9.10. The van der Waals surface area contributed by atoms with E-state index in [0.29, 0.717) is 86.4 Å². The van der Waals surface area contributed by atoms with E-state index < -0.39 is 50.8 Å². The first-order valence-electron chi connectivity index (χ1n) is 41.6. The minimum Gasteiger partial charge on any atom is -0.421 e. The molecule has 0 saturated carbocycles. The summed E-state index contributed by atoms with van der Waals surface area (Å²) in [4.78, 5) is 135. The third kappa shape index (κ3) is 21.9. The van der Waals surface area contributed by atoms with E-state index in [0.717, 1.165) is 63.5 Å². The number of benzene rings is 7. The number of imidazole rings is 4. The number of piperazine rings is 3. The van der Waals surface area contributed by atoms with Crippen LogP contribution in [-0.4, -0.2) is 175 Å². The number of H-pyrrole nitrogens is 4. The fourth-order valence-corrected chi connectivity index (χ4v) is 16.7. The number of hydrogen-bond donors (Lipinski definition) is 6. The van der Waals surface area contributed by atoms with E-state index in [-0.39, 0.29) is 75.2 Å². The zero-order valence-corrected chi connectivity index (χ0v) is 77.6. The summed E-state index contributed by atoms with van der Waals surface area (Å²) in [5.41, 5.74) is 10.9. The Kier molecular flexibility index (Phi) is 30.5. The lowest BCUT2D eigenvalue weighted by Crippen LogP contribution is -2.47. The number of anilines is 2. The third-order valence-corrected chi connectivity index (χ3v) is 24.5. The van der Waals surface area contributed by atoms with Gasteiger partial charge >= 0.3 is 28.3 Å². The Bertz CT molecular complexity index is 7140. The SMILES string of the molecule is Cc1ccc(C)c(CN2CCN(c3nc4c(c(=O)[nH]c(=O)n4C)n3Cc3ccccc3F)CC2)c1.Cc1ccc(C)c(CN2CCN(c3nc4c(c(=O)n(O)c(=O)n4C)n3Cc3ccccc3F)CC2)c1.Cc1ccc(C)c(CN2CCNCC2)c1.Cn1c(=O)[nH]c(=O)c2[nH]c(Br)nc21.Cn1c(=O)[nH]c(=O)c2c1nc(Br)n2Cc1ccccc1F.Fc1ccccc1CBr. The van der Waals surface area contributed by atoms with Crippen molar-refractivity contribution in [1.29, 1.82) is 0 Å². The van der Waals surface area contributed by atoms with Gasteiger partial charge in [0.1, 0.15) is 23.3 Å². The smallest absolute Gasteiger partial charge is 0.365 e. The van der Waals surface area contributed by atoms with Crippen LogP contribution in [0.5, 0.6) is 0 Å². The fraction of sp³-hybridized carbons (Fsp3) is 0.319. The zero-order valence-electron chi connectivity index (χ0n) is 72.8. The van der Waals surface area contributed by atoms with Crippen LogP contribution in [0.15, 0.2) is 199 Å². The van der Waals surface area contributed by atoms with Crippen LogP contribution in [0.1, 0.15) is 72.3 Å². The number of aromatic nitrogens is 16. The van der Waals surface area contributed by atoms with Crippen LogP contribution in [0.2, 0.25) is 0 Å². The molecule has 0 aliphatic carbocycles. The van der Waals surface area contributed by atoms with Crippen molar-refractivity contribution in [2.24, 2.45) is 28.2 Å². The van der Waals surface area contributed by atoms with Gasteiger partial charge in [0.2, 0.25) is 11.9 Å². The summed E-state index contributed by atoms with van der Waals surface area (Å²) in [6.07, 6.45) is 0. The van der Waals surface area contributed by atoms with Gasteiger partial charge in [0.05, 0.1) is 19.6 Å². The van der Waals surface area contributed by atoms with Crippen LogP contribution in [0.3, 0.4) is 0 Å². The number of fused-ring (bicyclic) bond motifs is 4. The van der Waals surface area contributed by atoms with Crippen LogP contribution in [-0.2, 0) is 72.8 Å². The molecule has 129 heavy (non-hydrogen) atoms. The molecule has 0 atom stereocenters. The van der Waals surface area contributed by atoms with E-state index in [2.05, 4.69) is 204 Å². The summed E-state index contributed by atoms with van der Waals surface area (Å²) in [5, 5.41) is 14.1. The largest absolute Gasteiger partial charge is 0.421 e. The fourth-order valence-electron chi connectivity index (χ4n) is 15.4. The van der Waals surface area contributed by atoms with Crippen molar-refractivity contribution in [2.45, 2.75) is 86.1 Å². The Balaban J connectivity index is 0.000000140. The van der Waals surface area contributed by atoms with Gasteiger partial charge in [-0.15, -0.1) is 0 Å². The van der Waals surface area contributed by atoms with E-state index in [1.807, 2.05) is 11.0 Å². The molecule has 0 amide bonds. The Labute approximate surface area is 761 Å². The van der Waals surface area contributed by atoms with Crippen molar-refractivity contribution in [2.75, 3.05) is 88.3 Å². The van der Waals surface area contributed by atoms with Crippen LogP contribution in [0.4, 0.5) is 29.5 Å². The molecule has 0 radical (unpaired) electrons. The molecule has 0 bridgehead atoms. The second kappa shape index (κ2) is 41.8. The Morgan fingerprint density at radius 1 is 0.372 bits per heavy atom. The number of hydrogen-bond acceptors (Lipinski definition) is 19. The van der Waals surface area contributed by atoms with Crippen molar-refractivity contribution in [3.05, 3.63) is 340 Å². The molecule has 8 aromatic heterocycles. The quantitative estimate of drug-likeness (QED) is 0.0240. The molecule has 676 valence electrons. The van der Waals surface area contributed by atoms with Gasteiger partial charge in [-0.3, -0.25) is 76.2 Å². The molecule has 0 spiro atoms. The summed E-state index contributed by atoms with van der Waals surface area (Å²) in [7, 11) is 6.07. The van der Waals surface area contributed by atoms with Gasteiger partial charge in [-0.2, -0.15) is 9.97 Å². The molecule has 3 aliphatic rings. The second-order valence-corrected chi connectivity index (χ2v) is 34.0. The Hall–Kier alpha value is -12.5. The summed E-state index contributed by atoms with van der Waals surface area (Å²) < 4.78 is 66.1. The van der Waals surface area contributed by atoms with Crippen molar-refractivity contribution >= 4 is 104 Å². The molecule has 6 N–H and O–H groups in total. The topological polar surface area (TPSA) is 339 Å². The van der Waals surface area contributed by atoms with E-state index in [9.17, 15) is 61.1 Å². The van der Waals surface area contributed by atoms with Crippen LogP contribution in [0.25, 0.3) is 44.7 Å². The molecule has 3 saturated heterocycles. The molecule has 31 nitrogen and oxygen atoms in total. The number of rotatable bonds is 15. The van der Waals surface area contributed by atoms with E-state index in [1.54, 1.807) is 82.9 Å². The lowest BCUT2D eigenvalue weighted by atomic mass is 10.0. The minimum absolute atomic E-state index is 0.0364. The third-order valence-electron chi connectivity index (χ3n) is 23.0. The number of halogens is 7. The van der Waals surface area contributed by atoms with Gasteiger partial charge in [-0.1, -0.05) is 165 Å². The maximum absolute atomic E-state index is 14.6. The Morgan fingerprint density at radius 3 is 1.12 bits per heavy atom. The summed E-state index contributed by atoms with van der Waals surface area (Å²) >= 11 is 9.50. The first kappa shape index (κ1) is 94.2. The average Bonchev–Trinajstić information content (AvgIpc) is 1.60. The lowest BCUT2D eigenvalue weighted by molar-refractivity contribution is 0.158. The predicted molar refractivity (Wildman–Crippen MR) is 501 cm³/mol. The summed E-state index contributed by atoms with van der Waals surface area (Å²) in [6, 6.07) is 45.6. The minimum atomic E-state index is -0.882. The van der Waals surface area contributed by atoms with Crippen LogP contribution in [0, 0.1) is 64.8 Å². The number of aromatic amines is 4. The highest BCUT2D eigenvalue weighted by Crippen LogP contribution is 2.29. The molecule has 15 aromatic rings. The normalized spacial score (nSPS) is 13.7. The van der Waals surface area contributed by atoms with E-state index in [1.165, 1.54) is 127 Å². The lowest BCUT2D eigenvalue weighted by Gasteiger charge is -2.35. The Morgan fingerprint density at radius 2 is 0.721 bits per heavy atom. The van der Waals surface area contributed by atoms with E-state index >= 15 is 0 Å². The molecular formula is C91H99Br3F4N22O9. The molecule has 18 rings (SSSR count). The van der Waals surface area contributed by atoms with Crippen LogP contribution >= 0.6 is 47.8 Å². The van der Waals surface area contributed by atoms with E-state index in [4.69, 9.17) is 4.98 Å².